The van der Waals surface area contributed by atoms with Crippen molar-refractivity contribution in [3.8, 4) is 11.5 Å². The molecule has 0 unspecified atom stereocenters. The molecule has 9 nitrogen and oxygen atoms in total. The minimum absolute atomic E-state index is 0.0169. The predicted molar refractivity (Wildman–Crippen MR) is 180 cm³/mol. The fourth-order valence-corrected chi connectivity index (χ4v) is 4.81. The van der Waals surface area contributed by atoms with Crippen LogP contribution in [0.4, 0.5) is 5.69 Å². The van der Waals surface area contributed by atoms with Crippen molar-refractivity contribution in [2.75, 3.05) is 11.9 Å². The smallest absolute Gasteiger partial charge is 0.343 e. The highest BCUT2D eigenvalue weighted by molar-refractivity contribution is 5.98. The highest BCUT2D eigenvalue weighted by atomic mass is 16.5. The molecule has 47 heavy (non-hydrogen) atoms. The summed E-state index contributed by atoms with van der Waals surface area (Å²) in [6.07, 6.45) is 6.00. The van der Waals surface area contributed by atoms with E-state index in [4.69, 9.17) is 9.47 Å². The Kier molecular flexibility index (Phi) is 13.1. The van der Waals surface area contributed by atoms with Gasteiger partial charge in [0.25, 0.3) is 5.91 Å². The van der Waals surface area contributed by atoms with Gasteiger partial charge in [0.2, 0.25) is 5.91 Å². The van der Waals surface area contributed by atoms with Gasteiger partial charge in [-0.15, -0.1) is 0 Å². The SMILES string of the molecule is CCCCCCCOc1ccc(C(=O)Oc2ccc(C[C@H](NC(=O)c3ccc(NC(=O)Cc4ccccc4)cc3)C(=O)O)cc2)cc1. The van der Waals surface area contributed by atoms with Gasteiger partial charge in [0.05, 0.1) is 18.6 Å². The second-order valence-electron chi connectivity index (χ2n) is 11.2. The Bertz CT molecular complexity index is 1600. The molecular formula is C38H40N2O7. The van der Waals surface area contributed by atoms with Crippen LogP contribution in [0.1, 0.15) is 70.9 Å². The maximum absolute atomic E-state index is 12.8. The first kappa shape index (κ1) is 34.4. The molecule has 0 saturated carbocycles. The van der Waals surface area contributed by atoms with Crippen molar-refractivity contribution in [1.29, 1.82) is 0 Å². The molecule has 0 radical (unpaired) electrons. The van der Waals surface area contributed by atoms with Crippen molar-refractivity contribution >= 4 is 29.4 Å². The van der Waals surface area contributed by atoms with Crippen LogP contribution in [0, 0.1) is 0 Å². The lowest BCUT2D eigenvalue weighted by molar-refractivity contribution is -0.139. The molecule has 3 N–H and O–H groups in total. The average molecular weight is 637 g/mol. The zero-order chi connectivity index (χ0) is 33.4. The molecule has 0 aromatic heterocycles. The minimum Gasteiger partial charge on any atom is -0.494 e. The Morgan fingerprint density at radius 3 is 2.00 bits per heavy atom. The van der Waals surface area contributed by atoms with Gasteiger partial charge in [-0.25, -0.2) is 9.59 Å². The Morgan fingerprint density at radius 1 is 0.702 bits per heavy atom. The number of carboxylic acids is 1. The topological polar surface area (TPSA) is 131 Å². The molecule has 1 atom stereocenters. The summed E-state index contributed by atoms with van der Waals surface area (Å²) in [7, 11) is 0. The standard InChI is InChI=1S/C38H40N2O7/c1-2-3-4-5-9-24-46-32-22-16-30(17-23-32)38(45)47-33-20-12-28(13-21-33)25-34(37(43)44)40-36(42)29-14-18-31(19-15-29)39-35(41)26-27-10-7-6-8-11-27/h6-8,10-23,34H,2-5,9,24-26H2,1H3,(H,39,41)(H,40,42)(H,43,44)/t34-/m0/s1. The molecule has 0 aliphatic carbocycles. The zero-order valence-electron chi connectivity index (χ0n) is 26.4. The summed E-state index contributed by atoms with van der Waals surface area (Å²) in [4.78, 5) is 49.7. The number of hydrogen-bond acceptors (Lipinski definition) is 6. The van der Waals surface area contributed by atoms with Crippen LogP contribution in [0.5, 0.6) is 11.5 Å². The van der Waals surface area contributed by atoms with Gasteiger partial charge >= 0.3 is 11.9 Å². The average Bonchev–Trinajstić information content (AvgIpc) is 3.07. The van der Waals surface area contributed by atoms with E-state index in [1.807, 2.05) is 30.3 Å². The lowest BCUT2D eigenvalue weighted by atomic mass is 10.0. The van der Waals surface area contributed by atoms with Gasteiger partial charge in [0.1, 0.15) is 17.5 Å². The molecule has 0 spiro atoms. The van der Waals surface area contributed by atoms with E-state index in [9.17, 15) is 24.3 Å². The number of aliphatic carboxylic acids is 1. The van der Waals surface area contributed by atoms with Crippen LogP contribution < -0.4 is 20.1 Å². The van der Waals surface area contributed by atoms with E-state index in [-0.39, 0.29) is 24.3 Å². The van der Waals surface area contributed by atoms with Gasteiger partial charge in [-0.2, -0.15) is 0 Å². The van der Waals surface area contributed by atoms with Crippen molar-refractivity contribution in [3.63, 3.8) is 0 Å². The maximum Gasteiger partial charge on any atom is 0.343 e. The quantitative estimate of drug-likeness (QED) is 0.0656. The molecule has 2 amide bonds. The Morgan fingerprint density at radius 2 is 1.34 bits per heavy atom. The van der Waals surface area contributed by atoms with Gasteiger partial charge in [-0.1, -0.05) is 75.1 Å². The number of ether oxygens (including phenoxy) is 2. The first-order chi connectivity index (χ1) is 22.8. The number of carboxylic acid groups (broad SMARTS) is 1. The van der Waals surface area contributed by atoms with E-state index in [0.29, 0.717) is 34.9 Å². The number of nitrogens with one attached hydrogen (secondary N) is 2. The fraction of sp³-hybridized carbons (Fsp3) is 0.263. The third-order valence-corrected chi connectivity index (χ3v) is 7.42. The molecule has 0 aliphatic rings. The van der Waals surface area contributed by atoms with Gasteiger partial charge in [-0.3, -0.25) is 9.59 Å². The number of amides is 2. The largest absolute Gasteiger partial charge is 0.494 e. The molecule has 0 saturated heterocycles. The zero-order valence-corrected chi connectivity index (χ0v) is 26.4. The molecule has 0 aliphatic heterocycles. The molecule has 0 fully saturated rings. The van der Waals surface area contributed by atoms with Crippen LogP contribution in [-0.4, -0.2) is 41.5 Å². The normalized spacial score (nSPS) is 11.3. The molecule has 0 bridgehead atoms. The predicted octanol–water partition coefficient (Wildman–Crippen LogP) is 6.86. The lowest BCUT2D eigenvalue weighted by Gasteiger charge is -2.15. The van der Waals surface area contributed by atoms with Crippen molar-refractivity contribution in [3.05, 3.63) is 125 Å². The van der Waals surface area contributed by atoms with Crippen molar-refractivity contribution in [2.24, 2.45) is 0 Å². The molecule has 0 heterocycles. The number of carbonyl (C=O) groups is 4. The van der Waals surface area contributed by atoms with Gasteiger partial charge in [0, 0.05) is 17.7 Å². The summed E-state index contributed by atoms with van der Waals surface area (Å²) in [5, 5.41) is 15.1. The number of carbonyl (C=O) groups excluding carboxylic acids is 3. The van der Waals surface area contributed by atoms with Gasteiger partial charge < -0.3 is 25.2 Å². The second kappa shape index (κ2) is 17.9. The summed E-state index contributed by atoms with van der Waals surface area (Å²) in [5.41, 5.74) is 2.66. The van der Waals surface area contributed by atoms with Crippen LogP contribution in [0.15, 0.2) is 103 Å². The number of benzene rings is 4. The number of anilines is 1. The Labute approximate surface area is 274 Å². The summed E-state index contributed by atoms with van der Waals surface area (Å²) in [5.74, 6) is -1.47. The van der Waals surface area contributed by atoms with Crippen molar-refractivity contribution in [2.45, 2.75) is 57.9 Å². The highest BCUT2D eigenvalue weighted by Crippen LogP contribution is 2.18. The highest BCUT2D eigenvalue weighted by Gasteiger charge is 2.21. The maximum atomic E-state index is 12.8. The number of rotatable bonds is 17. The second-order valence-corrected chi connectivity index (χ2v) is 11.2. The van der Waals surface area contributed by atoms with Crippen molar-refractivity contribution < 1.29 is 33.8 Å². The van der Waals surface area contributed by atoms with E-state index < -0.39 is 23.9 Å². The van der Waals surface area contributed by atoms with E-state index in [0.717, 1.165) is 18.4 Å². The summed E-state index contributed by atoms with van der Waals surface area (Å²) in [6.45, 7) is 2.82. The lowest BCUT2D eigenvalue weighted by Crippen LogP contribution is -2.42. The number of unbranched alkanes of at least 4 members (excludes halogenated alkanes) is 4. The van der Waals surface area contributed by atoms with Crippen LogP contribution in [0.25, 0.3) is 0 Å². The summed E-state index contributed by atoms with van der Waals surface area (Å²) in [6, 6.07) is 27.6. The van der Waals surface area contributed by atoms with Crippen LogP contribution in [-0.2, 0) is 22.4 Å². The number of esters is 1. The molecule has 244 valence electrons. The van der Waals surface area contributed by atoms with Crippen LogP contribution in [0.2, 0.25) is 0 Å². The van der Waals surface area contributed by atoms with Gasteiger partial charge in [0.15, 0.2) is 0 Å². The van der Waals surface area contributed by atoms with E-state index in [2.05, 4.69) is 17.6 Å². The van der Waals surface area contributed by atoms with E-state index >= 15 is 0 Å². The minimum atomic E-state index is -1.20. The van der Waals surface area contributed by atoms with Crippen LogP contribution in [0.3, 0.4) is 0 Å². The first-order valence-electron chi connectivity index (χ1n) is 15.8. The fourth-order valence-electron chi connectivity index (χ4n) is 4.81. The molecule has 4 rings (SSSR count). The van der Waals surface area contributed by atoms with E-state index in [1.165, 1.54) is 31.4 Å². The summed E-state index contributed by atoms with van der Waals surface area (Å²) >= 11 is 0. The van der Waals surface area contributed by atoms with E-state index in [1.54, 1.807) is 60.7 Å². The third-order valence-electron chi connectivity index (χ3n) is 7.42. The van der Waals surface area contributed by atoms with Crippen molar-refractivity contribution in [1.82, 2.24) is 5.32 Å². The Hall–Kier alpha value is -5.44. The Balaban J connectivity index is 1.24. The first-order valence-corrected chi connectivity index (χ1v) is 15.8. The molecule has 9 heteroatoms. The molecule has 4 aromatic rings. The molecule has 4 aromatic carbocycles. The monoisotopic (exact) mass is 636 g/mol. The van der Waals surface area contributed by atoms with Gasteiger partial charge in [-0.05, 0) is 78.2 Å². The van der Waals surface area contributed by atoms with Crippen LogP contribution >= 0.6 is 0 Å². The summed E-state index contributed by atoms with van der Waals surface area (Å²) < 4.78 is 11.2. The number of hydrogen-bond donors (Lipinski definition) is 3. The molecular weight excluding hydrogens is 596 g/mol. The third kappa shape index (κ3) is 11.5.